The first-order valence-electron chi connectivity index (χ1n) is 7.39. The summed E-state index contributed by atoms with van der Waals surface area (Å²) in [6.07, 6.45) is 0. The molecule has 25 heavy (non-hydrogen) atoms. The van der Waals surface area contributed by atoms with E-state index in [-0.39, 0.29) is 11.8 Å². The Bertz CT molecular complexity index is 893. The third kappa shape index (κ3) is 4.53. The van der Waals surface area contributed by atoms with E-state index in [1.165, 1.54) is 22.7 Å². The van der Waals surface area contributed by atoms with Crippen molar-refractivity contribution in [1.29, 1.82) is 0 Å². The molecule has 2 heterocycles. The van der Waals surface area contributed by atoms with E-state index < -0.39 is 6.04 Å². The maximum atomic E-state index is 12.3. The summed E-state index contributed by atoms with van der Waals surface area (Å²) in [5, 5.41) is 9.62. The zero-order valence-corrected chi connectivity index (χ0v) is 16.4. The Kier molecular flexibility index (Phi) is 5.62. The van der Waals surface area contributed by atoms with Crippen LogP contribution in [0.15, 0.2) is 51.6 Å². The number of nitrogens with one attached hydrogen (secondary N) is 2. The summed E-state index contributed by atoms with van der Waals surface area (Å²) in [5.74, 6) is -0.563. The van der Waals surface area contributed by atoms with Gasteiger partial charge in [0.1, 0.15) is 6.04 Å². The van der Waals surface area contributed by atoms with Crippen LogP contribution >= 0.6 is 38.6 Å². The second-order valence-corrected chi connectivity index (χ2v) is 7.93. The lowest BCUT2D eigenvalue weighted by molar-refractivity contribution is -0.117. The Morgan fingerprint density at radius 3 is 2.76 bits per heavy atom. The van der Waals surface area contributed by atoms with E-state index in [9.17, 15) is 9.59 Å². The highest BCUT2D eigenvalue weighted by atomic mass is 79.9. The first-order valence-corrected chi connectivity index (χ1v) is 9.95. The highest BCUT2D eigenvalue weighted by Crippen LogP contribution is 2.26. The molecule has 0 bridgehead atoms. The molecule has 0 spiro atoms. The van der Waals surface area contributed by atoms with E-state index in [0.29, 0.717) is 10.0 Å². The molecule has 3 aromatic rings. The number of nitrogens with zero attached hydrogens (tertiary/aromatic N) is 1. The highest BCUT2D eigenvalue weighted by Gasteiger charge is 2.18. The number of halogens is 1. The van der Waals surface area contributed by atoms with Crippen LogP contribution in [0.25, 0.3) is 11.3 Å². The fourth-order valence-electron chi connectivity index (χ4n) is 2.07. The molecule has 0 aliphatic heterocycles. The monoisotopic (exact) mass is 435 g/mol. The Morgan fingerprint density at radius 1 is 1.20 bits per heavy atom. The van der Waals surface area contributed by atoms with Gasteiger partial charge in [-0.3, -0.25) is 9.59 Å². The Morgan fingerprint density at radius 2 is 2.04 bits per heavy atom. The first kappa shape index (κ1) is 17.8. The predicted molar refractivity (Wildman–Crippen MR) is 105 cm³/mol. The molecule has 2 amide bonds. The minimum Gasteiger partial charge on any atom is -0.340 e. The van der Waals surface area contributed by atoms with E-state index >= 15 is 0 Å². The molecule has 0 fully saturated rings. The molecule has 128 valence electrons. The number of rotatable bonds is 5. The molecule has 2 aromatic heterocycles. The van der Waals surface area contributed by atoms with Gasteiger partial charge in [-0.25, -0.2) is 4.98 Å². The fourth-order valence-corrected chi connectivity index (χ4v) is 3.81. The molecule has 1 unspecified atom stereocenters. The van der Waals surface area contributed by atoms with E-state index in [4.69, 9.17) is 0 Å². The zero-order chi connectivity index (χ0) is 17.8. The summed E-state index contributed by atoms with van der Waals surface area (Å²) >= 11 is 6.11. The van der Waals surface area contributed by atoms with Gasteiger partial charge >= 0.3 is 0 Å². The number of thiazole rings is 1. The van der Waals surface area contributed by atoms with Crippen LogP contribution in [-0.4, -0.2) is 22.8 Å². The van der Waals surface area contributed by atoms with E-state index in [2.05, 4.69) is 31.5 Å². The van der Waals surface area contributed by atoms with Gasteiger partial charge < -0.3 is 10.6 Å². The normalized spacial score (nSPS) is 11.8. The molecule has 1 aromatic carbocycles. The molecule has 0 aliphatic rings. The molecule has 0 aliphatic carbocycles. The average Bonchev–Trinajstić information content (AvgIpc) is 3.26. The third-order valence-electron chi connectivity index (χ3n) is 3.34. The Balaban J connectivity index is 1.62. The summed E-state index contributed by atoms with van der Waals surface area (Å²) in [5.41, 5.74) is 1.75. The molecule has 1 atom stereocenters. The second kappa shape index (κ2) is 7.90. The van der Waals surface area contributed by atoms with Crippen LogP contribution in [0.5, 0.6) is 0 Å². The molecule has 0 saturated heterocycles. The maximum Gasteiger partial charge on any atom is 0.261 e. The summed E-state index contributed by atoms with van der Waals surface area (Å²) in [7, 11) is 0. The minimum atomic E-state index is -0.659. The molecular formula is C17H14BrN3O2S2. The van der Waals surface area contributed by atoms with Gasteiger partial charge in [-0.15, -0.1) is 22.7 Å². The van der Waals surface area contributed by atoms with E-state index in [0.717, 1.165) is 15.7 Å². The topological polar surface area (TPSA) is 71.1 Å². The number of hydrogen-bond donors (Lipinski definition) is 2. The lowest BCUT2D eigenvalue weighted by Gasteiger charge is -2.12. The average molecular weight is 436 g/mol. The minimum absolute atomic E-state index is 0.258. The van der Waals surface area contributed by atoms with Crippen LogP contribution in [0.4, 0.5) is 5.13 Å². The Labute approximate surface area is 161 Å². The van der Waals surface area contributed by atoms with Gasteiger partial charge in [-0.2, -0.15) is 0 Å². The van der Waals surface area contributed by atoms with Gasteiger partial charge in [0.15, 0.2) is 5.13 Å². The van der Waals surface area contributed by atoms with Crippen molar-refractivity contribution in [2.24, 2.45) is 0 Å². The summed E-state index contributed by atoms with van der Waals surface area (Å²) < 4.78 is 0.966. The second-order valence-electron chi connectivity index (χ2n) is 5.21. The van der Waals surface area contributed by atoms with E-state index in [1.807, 2.05) is 35.0 Å². The number of thiophene rings is 1. The van der Waals surface area contributed by atoms with Crippen molar-refractivity contribution in [3.63, 3.8) is 0 Å². The van der Waals surface area contributed by atoms with Gasteiger partial charge in [-0.1, -0.05) is 34.1 Å². The van der Waals surface area contributed by atoms with Crippen molar-refractivity contribution in [3.05, 3.63) is 56.5 Å². The number of aromatic nitrogens is 1. The number of benzene rings is 1. The third-order valence-corrected chi connectivity index (χ3v) is 5.46. The summed E-state index contributed by atoms with van der Waals surface area (Å²) in [6.45, 7) is 1.64. The van der Waals surface area contributed by atoms with Crippen molar-refractivity contribution in [2.45, 2.75) is 13.0 Å². The smallest absolute Gasteiger partial charge is 0.261 e. The quantitative estimate of drug-likeness (QED) is 0.623. The number of carbonyl (C=O) groups excluding carboxylic acids is 2. The van der Waals surface area contributed by atoms with Crippen molar-refractivity contribution < 1.29 is 9.59 Å². The molecule has 8 heteroatoms. The summed E-state index contributed by atoms with van der Waals surface area (Å²) in [6, 6.07) is 10.6. The van der Waals surface area contributed by atoms with Crippen molar-refractivity contribution >= 4 is 55.5 Å². The number of anilines is 1. The SMILES string of the molecule is CC(NC(=O)c1cccs1)C(=O)Nc1nc(-c2cccc(Br)c2)cs1. The molecule has 2 N–H and O–H groups in total. The number of carbonyl (C=O) groups is 2. The van der Waals surface area contributed by atoms with Gasteiger partial charge in [0, 0.05) is 15.4 Å². The van der Waals surface area contributed by atoms with Gasteiger partial charge in [-0.05, 0) is 30.5 Å². The first-order chi connectivity index (χ1) is 12.0. The van der Waals surface area contributed by atoms with Crippen LogP contribution in [0.2, 0.25) is 0 Å². The van der Waals surface area contributed by atoms with Crippen molar-refractivity contribution in [2.75, 3.05) is 5.32 Å². The lowest BCUT2D eigenvalue weighted by Crippen LogP contribution is -2.41. The molecule has 0 saturated carbocycles. The predicted octanol–water partition coefficient (Wildman–Crippen LogP) is 4.39. The van der Waals surface area contributed by atoms with Crippen molar-refractivity contribution in [3.8, 4) is 11.3 Å². The lowest BCUT2D eigenvalue weighted by atomic mass is 10.2. The van der Waals surface area contributed by atoms with Crippen LogP contribution in [-0.2, 0) is 4.79 Å². The Hall–Kier alpha value is -2.03. The van der Waals surface area contributed by atoms with Crippen molar-refractivity contribution in [1.82, 2.24) is 10.3 Å². The van der Waals surface area contributed by atoms with Crippen LogP contribution in [0.1, 0.15) is 16.6 Å². The van der Waals surface area contributed by atoms with Gasteiger partial charge in [0.25, 0.3) is 5.91 Å². The van der Waals surface area contributed by atoms with Gasteiger partial charge in [0.2, 0.25) is 5.91 Å². The molecule has 0 radical (unpaired) electrons. The van der Waals surface area contributed by atoms with E-state index in [1.54, 1.807) is 19.1 Å². The van der Waals surface area contributed by atoms with Gasteiger partial charge in [0.05, 0.1) is 10.6 Å². The fraction of sp³-hybridized carbons (Fsp3) is 0.118. The number of amides is 2. The maximum absolute atomic E-state index is 12.3. The number of hydrogen-bond acceptors (Lipinski definition) is 5. The molecular weight excluding hydrogens is 422 g/mol. The largest absolute Gasteiger partial charge is 0.340 e. The molecule has 5 nitrogen and oxygen atoms in total. The zero-order valence-electron chi connectivity index (χ0n) is 13.2. The summed E-state index contributed by atoms with van der Waals surface area (Å²) in [4.78, 5) is 29.3. The van der Waals surface area contributed by atoms with Crippen LogP contribution < -0.4 is 10.6 Å². The standard InChI is InChI=1S/C17H14BrN3O2S2/c1-10(19-16(23)14-6-3-7-24-14)15(22)21-17-20-13(9-25-17)11-4-2-5-12(18)8-11/h2-10H,1H3,(H,19,23)(H,20,21,22). The van der Waals surface area contributed by atoms with Crippen LogP contribution in [0, 0.1) is 0 Å². The molecule has 3 rings (SSSR count). The highest BCUT2D eigenvalue weighted by molar-refractivity contribution is 9.10. The van der Waals surface area contributed by atoms with Crippen LogP contribution in [0.3, 0.4) is 0 Å².